The maximum absolute atomic E-state index is 13.4. The van der Waals surface area contributed by atoms with Crippen LogP contribution in [0.25, 0.3) is 21.0 Å². The summed E-state index contributed by atoms with van der Waals surface area (Å²) in [6.07, 6.45) is 0. The quantitative estimate of drug-likeness (QED) is 0.481. The van der Waals surface area contributed by atoms with Gasteiger partial charge in [0.15, 0.2) is 0 Å². The van der Waals surface area contributed by atoms with Gasteiger partial charge in [0.2, 0.25) is 0 Å². The van der Waals surface area contributed by atoms with Gasteiger partial charge in [-0.3, -0.25) is 9.59 Å². The van der Waals surface area contributed by atoms with Gasteiger partial charge >= 0.3 is 0 Å². The third-order valence-electron chi connectivity index (χ3n) is 4.91. The second-order valence-corrected chi connectivity index (χ2v) is 8.37. The molecule has 4 rings (SSSR count). The highest BCUT2D eigenvalue weighted by molar-refractivity contribution is 7.21. The van der Waals surface area contributed by atoms with E-state index < -0.39 is 0 Å². The number of para-hydroxylation sites is 1. The molecule has 1 N–H and O–H groups in total. The number of nitrogens with one attached hydrogen (secondary N) is 1. The lowest BCUT2D eigenvalue weighted by molar-refractivity contribution is 0.0680. The SMILES string of the molecule is COCCN(Cc1nc2ccccc2c(=O)[nH]1)C(=O)c1sc2cccc(C)c2c1Cl. The van der Waals surface area contributed by atoms with E-state index in [4.69, 9.17) is 16.3 Å². The summed E-state index contributed by atoms with van der Waals surface area (Å²) in [4.78, 5) is 35.2. The molecule has 6 nitrogen and oxygen atoms in total. The average Bonchev–Trinajstić information content (AvgIpc) is 3.08. The molecule has 0 aliphatic heterocycles. The molecule has 0 aliphatic rings. The van der Waals surface area contributed by atoms with E-state index in [9.17, 15) is 9.59 Å². The highest BCUT2D eigenvalue weighted by atomic mass is 35.5. The van der Waals surface area contributed by atoms with Gasteiger partial charge in [0.05, 0.1) is 29.1 Å². The first-order chi connectivity index (χ1) is 14.5. The zero-order valence-corrected chi connectivity index (χ0v) is 18.1. The Balaban J connectivity index is 1.71. The zero-order valence-electron chi connectivity index (χ0n) is 16.6. The number of benzene rings is 2. The molecule has 2 aromatic carbocycles. The lowest BCUT2D eigenvalue weighted by Crippen LogP contribution is -2.34. The normalized spacial score (nSPS) is 11.3. The number of carbonyl (C=O) groups excluding carboxylic acids is 1. The Hall–Kier alpha value is -2.74. The number of aryl methyl sites for hydroxylation is 1. The number of aromatic nitrogens is 2. The third kappa shape index (κ3) is 3.84. The van der Waals surface area contributed by atoms with Gasteiger partial charge in [-0.2, -0.15) is 0 Å². The van der Waals surface area contributed by atoms with Crippen LogP contribution < -0.4 is 5.56 Å². The van der Waals surface area contributed by atoms with Crippen LogP contribution in [-0.4, -0.2) is 41.0 Å². The van der Waals surface area contributed by atoms with Crippen LogP contribution in [0.2, 0.25) is 5.02 Å². The van der Waals surface area contributed by atoms with Gasteiger partial charge in [-0.25, -0.2) is 4.98 Å². The highest BCUT2D eigenvalue weighted by Crippen LogP contribution is 2.38. The predicted molar refractivity (Wildman–Crippen MR) is 121 cm³/mol. The minimum atomic E-state index is -0.231. The second kappa shape index (κ2) is 8.55. The van der Waals surface area contributed by atoms with Gasteiger partial charge in [-0.1, -0.05) is 35.9 Å². The number of nitrogens with zero attached hydrogens (tertiary/aromatic N) is 2. The van der Waals surface area contributed by atoms with Gasteiger partial charge < -0.3 is 14.6 Å². The maximum atomic E-state index is 13.4. The molecule has 0 radical (unpaired) electrons. The van der Waals surface area contributed by atoms with E-state index in [0.29, 0.717) is 39.8 Å². The van der Waals surface area contributed by atoms with Crippen LogP contribution in [0.5, 0.6) is 0 Å². The van der Waals surface area contributed by atoms with Crippen molar-refractivity contribution in [2.24, 2.45) is 0 Å². The number of carbonyl (C=O) groups is 1. The molecule has 0 aliphatic carbocycles. The molecule has 0 saturated carbocycles. The molecule has 0 bridgehead atoms. The van der Waals surface area contributed by atoms with Crippen molar-refractivity contribution < 1.29 is 9.53 Å². The lowest BCUT2D eigenvalue weighted by atomic mass is 10.1. The first-order valence-corrected chi connectivity index (χ1v) is 10.6. The van der Waals surface area contributed by atoms with Crippen molar-refractivity contribution in [1.29, 1.82) is 0 Å². The summed E-state index contributed by atoms with van der Waals surface area (Å²) >= 11 is 7.97. The van der Waals surface area contributed by atoms with Crippen LogP contribution in [0, 0.1) is 6.92 Å². The van der Waals surface area contributed by atoms with Crippen LogP contribution in [0.15, 0.2) is 47.3 Å². The molecule has 1 amide bonds. The number of aromatic amines is 1. The molecule has 0 saturated heterocycles. The van der Waals surface area contributed by atoms with Crippen LogP contribution in [0.1, 0.15) is 21.1 Å². The summed E-state index contributed by atoms with van der Waals surface area (Å²) in [5.74, 6) is 0.199. The van der Waals surface area contributed by atoms with E-state index in [-0.39, 0.29) is 18.0 Å². The van der Waals surface area contributed by atoms with Crippen LogP contribution in [-0.2, 0) is 11.3 Å². The number of rotatable bonds is 6. The molecule has 8 heteroatoms. The summed E-state index contributed by atoms with van der Waals surface area (Å²) in [6.45, 7) is 2.81. The summed E-state index contributed by atoms with van der Waals surface area (Å²) in [7, 11) is 1.58. The molecule has 2 heterocycles. The van der Waals surface area contributed by atoms with Crippen molar-refractivity contribution in [3.63, 3.8) is 0 Å². The largest absolute Gasteiger partial charge is 0.383 e. The molecular weight excluding hydrogens is 422 g/mol. The van der Waals surface area contributed by atoms with E-state index in [1.165, 1.54) is 11.3 Å². The van der Waals surface area contributed by atoms with Gasteiger partial charge in [0.1, 0.15) is 10.7 Å². The predicted octanol–water partition coefficient (Wildman–Crippen LogP) is 4.39. The Morgan fingerprint density at radius 2 is 2.03 bits per heavy atom. The smallest absolute Gasteiger partial charge is 0.265 e. The number of fused-ring (bicyclic) bond motifs is 2. The fourth-order valence-corrected chi connectivity index (χ4v) is 5.04. The topological polar surface area (TPSA) is 75.3 Å². The fourth-order valence-electron chi connectivity index (χ4n) is 3.40. The Morgan fingerprint density at radius 3 is 2.80 bits per heavy atom. The first kappa shape index (κ1) is 20.5. The van der Waals surface area contributed by atoms with E-state index in [0.717, 1.165) is 15.6 Å². The zero-order chi connectivity index (χ0) is 21.3. The van der Waals surface area contributed by atoms with E-state index in [1.54, 1.807) is 30.2 Å². The lowest BCUT2D eigenvalue weighted by Gasteiger charge is -2.21. The summed E-state index contributed by atoms with van der Waals surface area (Å²) in [5, 5.41) is 1.87. The van der Waals surface area contributed by atoms with Crippen molar-refractivity contribution in [2.75, 3.05) is 20.3 Å². The first-order valence-electron chi connectivity index (χ1n) is 9.43. The van der Waals surface area contributed by atoms with E-state index in [1.807, 2.05) is 31.2 Å². The number of hydrogen-bond acceptors (Lipinski definition) is 5. The van der Waals surface area contributed by atoms with E-state index >= 15 is 0 Å². The van der Waals surface area contributed by atoms with Crippen LogP contribution >= 0.6 is 22.9 Å². The molecule has 30 heavy (non-hydrogen) atoms. The molecule has 2 aromatic heterocycles. The van der Waals surface area contributed by atoms with Gasteiger partial charge in [0, 0.05) is 23.7 Å². The number of thiophene rings is 1. The number of ether oxygens (including phenoxy) is 1. The summed E-state index contributed by atoms with van der Waals surface area (Å²) in [5.41, 5.74) is 1.38. The monoisotopic (exact) mass is 441 g/mol. The van der Waals surface area contributed by atoms with Crippen molar-refractivity contribution in [3.8, 4) is 0 Å². The number of halogens is 1. The maximum Gasteiger partial charge on any atom is 0.265 e. The summed E-state index contributed by atoms with van der Waals surface area (Å²) < 4.78 is 6.15. The fraction of sp³-hybridized carbons (Fsp3) is 0.227. The third-order valence-corrected chi connectivity index (χ3v) is 6.55. The standard InChI is InChI=1S/C22H20ClN3O3S/c1-13-6-5-9-16-18(13)19(23)20(30-16)22(28)26(10-11-29-2)12-17-24-15-8-4-3-7-14(15)21(27)25-17/h3-9H,10-12H2,1-2H3,(H,24,25,27). The number of hydrogen-bond donors (Lipinski definition) is 1. The minimum absolute atomic E-state index is 0.145. The molecule has 0 unspecified atom stereocenters. The number of amides is 1. The molecule has 0 spiro atoms. The molecule has 0 atom stereocenters. The Labute approximate surface area is 182 Å². The van der Waals surface area contributed by atoms with Crippen molar-refractivity contribution >= 4 is 49.8 Å². The van der Waals surface area contributed by atoms with Crippen LogP contribution in [0.4, 0.5) is 0 Å². The Bertz CT molecular complexity index is 1300. The van der Waals surface area contributed by atoms with Crippen molar-refractivity contribution in [2.45, 2.75) is 13.5 Å². The van der Waals surface area contributed by atoms with Crippen LogP contribution in [0.3, 0.4) is 0 Å². The highest BCUT2D eigenvalue weighted by Gasteiger charge is 2.24. The molecule has 154 valence electrons. The molecule has 4 aromatic rings. The Kier molecular flexibility index (Phi) is 5.85. The van der Waals surface area contributed by atoms with Crippen molar-refractivity contribution in [3.05, 3.63) is 74.1 Å². The van der Waals surface area contributed by atoms with E-state index in [2.05, 4.69) is 9.97 Å². The summed E-state index contributed by atoms with van der Waals surface area (Å²) in [6, 6.07) is 13.0. The Morgan fingerprint density at radius 1 is 1.23 bits per heavy atom. The van der Waals surface area contributed by atoms with Gasteiger partial charge in [-0.05, 0) is 30.7 Å². The number of methoxy groups -OCH3 is 1. The molecular formula is C22H20ClN3O3S. The average molecular weight is 442 g/mol. The number of H-pyrrole nitrogens is 1. The molecule has 0 fully saturated rings. The van der Waals surface area contributed by atoms with Crippen molar-refractivity contribution in [1.82, 2.24) is 14.9 Å². The second-order valence-electron chi connectivity index (χ2n) is 6.94. The van der Waals surface area contributed by atoms with Gasteiger partial charge in [0.25, 0.3) is 11.5 Å². The minimum Gasteiger partial charge on any atom is -0.383 e. The van der Waals surface area contributed by atoms with Gasteiger partial charge in [-0.15, -0.1) is 11.3 Å².